The highest BCUT2D eigenvalue weighted by Crippen LogP contribution is 2.33. The van der Waals surface area contributed by atoms with Crippen LogP contribution in [0.5, 0.6) is 0 Å². The van der Waals surface area contributed by atoms with E-state index in [-0.39, 0.29) is 30.4 Å². The second-order valence-corrected chi connectivity index (χ2v) is 11.5. The number of nitrogens with two attached hydrogens (primary N) is 1. The molecule has 2 aliphatic rings. The number of carbonyl (C=O) groups excluding carboxylic acids is 3. The highest BCUT2D eigenvalue weighted by Gasteiger charge is 2.30. The molecule has 1 aliphatic heterocycles. The van der Waals surface area contributed by atoms with Crippen molar-refractivity contribution in [1.29, 1.82) is 0 Å². The minimum Gasteiger partial charge on any atom is -0.446 e. The maximum atomic E-state index is 13.1. The molecule has 3 aromatic rings. The Balaban J connectivity index is 1.04. The number of carbonyl (C=O) groups is 3. The number of hydrogen-bond donors (Lipinski definition) is 3. The maximum Gasteiger partial charge on any atom is 0.411 e. The normalized spacial score (nSPS) is 16.2. The molecule has 1 saturated carbocycles. The van der Waals surface area contributed by atoms with Crippen LogP contribution in [0.25, 0.3) is 11.1 Å². The highest BCUT2D eigenvalue weighted by atomic mass is 16.6. The number of para-hydroxylation sites is 1. The zero-order valence-corrected chi connectivity index (χ0v) is 24.7. The molecule has 1 unspecified atom stereocenters. The van der Waals surface area contributed by atoms with Crippen molar-refractivity contribution >= 4 is 29.3 Å². The summed E-state index contributed by atoms with van der Waals surface area (Å²) in [6, 6.07) is 24.6. The summed E-state index contributed by atoms with van der Waals surface area (Å²) in [5, 5.41) is 5.79. The molecule has 9 heteroatoms. The molecule has 1 heterocycles. The minimum absolute atomic E-state index is 0.101. The highest BCUT2D eigenvalue weighted by molar-refractivity contribution is 5.97. The molecule has 0 bridgehead atoms. The summed E-state index contributed by atoms with van der Waals surface area (Å²) in [5.74, 6) is 0.231. The van der Waals surface area contributed by atoms with Gasteiger partial charge < -0.3 is 25.6 Å². The first-order valence-electron chi connectivity index (χ1n) is 15.1. The van der Waals surface area contributed by atoms with Gasteiger partial charge in [0.25, 0.3) is 5.91 Å². The Labute approximate surface area is 253 Å². The van der Waals surface area contributed by atoms with E-state index in [4.69, 9.17) is 10.5 Å². The van der Waals surface area contributed by atoms with E-state index in [0.717, 1.165) is 62.1 Å². The Morgan fingerprint density at radius 3 is 2.40 bits per heavy atom. The van der Waals surface area contributed by atoms with Gasteiger partial charge in [0, 0.05) is 62.5 Å². The molecule has 5 rings (SSSR count). The summed E-state index contributed by atoms with van der Waals surface area (Å²) in [6.45, 7) is 2.85. The quantitative estimate of drug-likeness (QED) is 0.286. The van der Waals surface area contributed by atoms with Gasteiger partial charge in [-0.1, -0.05) is 54.6 Å². The number of rotatable bonds is 11. The lowest BCUT2D eigenvalue weighted by atomic mass is 10.0. The summed E-state index contributed by atoms with van der Waals surface area (Å²) < 4.78 is 5.75. The van der Waals surface area contributed by atoms with Gasteiger partial charge in [-0.15, -0.1) is 0 Å². The Hall–Kier alpha value is -4.21. The van der Waals surface area contributed by atoms with E-state index in [1.807, 2.05) is 54.6 Å². The number of nitrogens with one attached hydrogen (secondary N) is 2. The van der Waals surface area contributed by atoms with Crippen LogP contribution in [0.2, 0.25) is 0 Å². The summed E-state index contributed by atoms with van der Waals surface area (Å²) in [4.78, 5) is 42.1. The van der Waals surface area contributed by atoms with Crippen molar-refractivity contribution in [1.82, 2.24) is 9.80 Å². The van der Waals surface area contributed by atoms with E-state index in [0.29, 0.717) is 23.7 Å². The first-order valence-corrected chi connectivity index (χ1v) is 15.1. The molecule has 2 fully saturated rings. The van der Waals surface area contributed by atoms with Gasteiger partial charge >= 0.3 is 6.09 Å². The molecule has 0 spiro atoms. The van der Waals surface area contributed by atoms with E-state index >= 15 is 0 Å². The van der Waals surface area contributed by atoms with Crippen LogP contribution >= 0.6 is 0 Å². The molecule has 3 aromatic carbocycles. The average molecular weight is 584 g/mol. The standard InChI is InChI=1S/C34H41N5O4/c1-38(33(41)26-10-7-11-27(22-26)36-32(40)23-30(35)25-14-15-25)20-21-39-18-16-28(17-19-39)43-34(42)37-31-13-6-5-12-29(31)24-8-3-2-4-9-24/h2-13,22,25,28,30H,14-21,23,35H2,1H3,(H,36,40)(H,37,42). The Morgan fingerprint density at radius 2 is 1.65 bits per heavy atom. The third kappa shape index (κ3) is 8.65. The monoisotopic (exact) mass is 583 g/mol. The maximum absolute atomic E-state index is 13.1. The zero-order chi connectivity index (χ0) is 30.2. The van der Waals surface area contributed by atoms with Crippen LogP contribution in [-0.4, -0.2) is 73.1 Å². The Kier molecular flexibility index (Phi) is 10.1. The molecule has 0 radical (unpaired) electrons. The Bertz CT molecular complexity index is 1400. The van der Waals surface area contributed by atoms with Crippen LogP contribution in [0.15, 0.2) is 78.9 Å². The number of ether oxygens (including phenoxy) is 1. The second-order valence-electron chi connectivity index (χ2n) is 11.5. The molecule has 1 saturated heterocycles. The average Bonchev–Trinajstić information content (AvgIpc) is 3.87. The van der Waals surface area contributed by atoms with E-state index < -0.39 is 6.09 Å². The lowest BCUT2D eigenvalue weighted by Crippen LogP contribution is -2.42. The molecule has 43 heavy (non-hydrogen) atoms. The van der Waals surface area contributed by atoms with E-state index in [2.05, 4.69) is 15.5 Å². The fourth-order valence-corrected chi connectivity index (χ4v) is 5.46. The van der Waals surface area contributed by atoms with Gasteiger partial charge in [0.1, 0.15) is 6.10 Å². The largest absolute Gasteiger partial charge is 0.446 e. The van der Waals surface area contributed by atoms with Crippen LogP contribution in [0.4, 0.5) is 16.2 Å². The van der Waals surface area contributed by atoms with Crippen LogP contribution < -0.4 is 16.4 Å². The summed E-state index contributed by atoms with van der Waals surface area (Å²) in [7, 11) is 1.79. The lowest BCUT2D eigenvalue weighted by molar-refractivity contribution is -0.116. The van der Waals surface area contributed by atoms with Crippen molar-refractivity contribution in [2.45, 2.75) is 44.2 Å². The molecule has 4 N–H and O–H groups in total. The van der Waals surface area contributed by atoms with Gasteiger partial charge in [0.15, 0.2) is 0 Å². The molecule has 1 atom stereocenters. The van der Waals surface area contributed by atoms with Gasteiger partial charge in [-0.05, 0) is 61.4 Å². The molecule has 3 amide bonds. The van der Waals surface area contributed by atoms with Crippen molar-refractivity contribution in [3.05, 3.63) is 84.4 Å². The second kappa shape index (κ2) is 14.3. The zero-order valence-electron chi connectivity index (χ0n) is 24.7. The number of amides is 3. The summed E-state index contributed by atoms with van der Waals surface area (Å²) >= 11 is 0. The molecular weight excluding hydrogens is 542 g/mol. The van der Waals surface area contributed by atoms with E-state index in [9.17, 15) is 14.4 Å². The number of anilines is 2. The first kappa shape index (κ1) is 30.3. The predicted molar refractivity (Wildman–Crippen MR) is 169 cm³/mol. The smallest absolute Gasteiger partial charge is 0.411 e. The van der Waals surface area contributed by atoms with Gasteiger partial charge in [-0.2, -0.15) is 0 Å². The van der Waals surface area contributed by atoms with Crippen molar-refractivity contribution in [3.8, 4) is 11.1 Å². The Morgan fingerprint density at radius 1 is 0.930 bits per heavy atom. The van der Waals surface area contributed by atoms with Gasteiger partial charge in [0.05, 0.1) is 5.69 Å². The van der Waals surface area contributed by atoms with Crippen molar-refractivity contribution < 1.29 is 19.1 Å². The van der Waals surface area contributed by atoms with E-state index in [1.54, 1.807) is 36.2 Å². The molecule has 1 aliphatic carbocycles. The lowest BCUT2D eigenvalue weighted by Gasteiger charge is -2.32. The van der Waals surface area contributed by atoms with Crippen LogP contribution in [0, 0.1) is 5.92 Å². The first-order chi connectivity index (χ1) is 20.9. The van der Waals surface area contributed by atoms with Crippen LogP contribution in [0.1, 0.15) is 42.5 Å². The van der Waals surface area contributed by atoms with Crippen LogP contribution in [-0.2, 0) is 9.53 Å². The summed E-state index contributed by atoms with van der Waals surface area (Å²) in [5.41, 5.74) is 9.89. The summed E-state index contributed by atoms with van der Waals surface area (Å²) in [6.07, 6.45) is 3.34. The van der Waals surface area contributed by atoms with Gasteiger partial charge in [-0.3, -0.25) is 14.9 Å². The fraction of sp³-hybridized carbons (Fsp3) is 0.382. The topological polar surface area (TPSA) is 117 Å². The number of hydrogen-bond acceptors (Lipinski definition) is 6. The molecular formula is C34H41N5O4. The number of piperidine rings is 1. The van der Waals surface area contributed by atoms with Crippen molar-refractivity contribution in [2.75, 3.05) is 43.9 Å². The number of benzene rings is 3. The predicted octanol–water partition coefficient (Wildman–Crippen LogP) is 5.20. The molecule has 0 aromatic heterocycles. The van der Waals surface area contributed by atoms with Crippen molar-refractivity contribution in [3.63, 3.8) is 0 Å². The number of likely N-dealkylation sites (tertiary alicyclic amines) is 1. The van der Waals surface area contributed by atoms with E-state index in [1.165, 1.54) is 0 Å². The van der Waals surface area contributed by atoms with Crippen LogP contribution in [0.3, 0.4) is 0 Å². The minimum atomic E-state index is -0.448. The van der Waals surface area contributed by atoms with Crippen molar-refractivity contribution in [2.24, 2.45) is 11.7 Å². The third-order valence-electron chi connectivity index (χ3n) is 8.20. The molecule has 9 nitrogen and oxygen atoms in total. The third-order valence-corrected chi connectivity index (χ3v) is 8.20. The number of likely N-dealkylation sites (N-methyl/N-ethyl adjacent to an activating group) is 1. The van der Waals surface area contributed by atoms with Gasteiger partial charge in [0.2, 0.25) is 5.91 Å². The number of nitrogens with zero attached hydrogens (tertiary/aromatic N) is 2. The SMILES string of the molecule is CN(CCN1CCC(OC(=O)Nc2ccccc2-c2ccccc2)CC1)C(=O)c1cccc(NC(=O)CC(N)C2CC2)c1. The molecule has 226 valence electrons. The van der Waals surface area contributed by atoms with Gasteiger partial charge in [-0.25, -0.2) is 4.79 Å². The fourth-order valence-electron chi connectivity index (χ4n) is 5.46.